The molecule has 0 aliphatic heterocycles. The smallest absolute Gasteiger partial charge is 0.257 e. The molecular formula is C23H32N4O2. The molecule has 0 bridgehead atoms. The Morgan fingerprint density at radius 1 is 1.03 bits per heavy atom. The molecule has 6 heteroatoms. The highest BCUT2D eigenvalue weighted by molar-refractivity contribution is 6.05. The predicted octanol–water partition coefficient (Wildman–Crippen LogP) is 4.72. The van der Waals surface area contributed by atoms with Crippen LogP contribution < -0.4 is 10.6 Å². The first-order chi connectivity index (χ1) is 13.8. The van der Waals surface area contributed by atoms with Crippen molar-refractivity contribution in [1.29, 1.82) is 0 Å². The number of aryl methyl sites for hydroxylation is 1. The minimum atomic E-state index is -0.250. The molecule has 156 valence electrons. The van der Waals surface area contributed by atoms with Gasteiger partial charge in [0.05, 0.1) is 5.56 Å². The fraction of sp³-hybridized carbons (Fsp3) is 0.435. The van der Waals surface area contributed by atoms with Gasteiger partial charge in [-0.2, -0.15) is 0 Å². The second-order valence-electron chi connectivity index (χ2n) is 7.51. The summed E-state index contributed by atoms with van der Waals surface area (Å²) in [6.45, 7) is 11.5. The Balaban J connectivity index is 2.17. The van der Waals surface area contributed by atoms with E-state index in [0.717, 1.165) is 37.3 Å². The predicted molar refractivity (Wildman–Crippen MR) is 119 cm³/mol. The number of carbonyl (C=O) groups is 2. The maximum absolute atomic E-state index is 12.9. The van der Waals surface area contributed by atoms with Gasteiger partial charge >= 0.3 is 0 Å². The van der Waals surface area contributed by atoms with Crippen LogP contribution in [0.3, 0.4) is 0 Å². The van der Waals surface area contributed by atoms with Crippen molar-refractivity contribution in [3.63, 3.8) is 0 Å². The summed E-state index contributed by atoms with van der Waals surface area (Å²) in [5, 5.41) is 6.11. The topological polar surface area (TPSA) is 74.3 Å². The molecule has 1 aromatic heterocycles. The van der Waals surface area contributed by atoms with Gasteiger partial charge in [0.25, 0.3) is 11.8 Å². The van der Waals surface area contributed by atoms with Crippen LogP contribution in [0.25, 0.3) is 0 Å². The number of pyridine rings is 1. The Morgan fingerprint density at radius 2 is 1.69 bits per heavy atom. The number of nitrogens with zero attached hydrogens (tertiary/aromatic N) is 2. The van der Waals surface area contributed by atoms with E-state index in [4.69, 9.17) is 0 Å². The van der Waals surface area contributed by atoms with E-state index < -0.39 is 0 Å². The second kappa shape index (κ2) is 10.6. The second-order valence-corrected chi connectivity index (χ2v) is 7.51. The molecule has 2 rings (SSSR count). The fourth-order valence-electron chi connectivity index (χ4n) is 3.03. The minimum absolute atomic E-state index is 0.00465. The van der Waals surface area contributed by atoms with Crippen LogP contribution in [0.4, 0.5) is 11.5 Å². The lowest BCUT2D eigenvalue weighted by Gasteiger charge is -2.22. The SMILES string of the molecule is CCCN(CCC)C(=O)c1ccc(C)c(NC(=O)c2ccc(NC(C)C)nc2)c1. The summed E-state index contributed by atoms with van der Waals surface area (Å²) in [7, 11) is 0. The van der Waals surface area contributed by atoms with E-state index >= 15 is 0 Å². The third-order valence-electron chi connectivity index (χ3n) is 4.47. The standard InChI is InChI=1S/C23H32N4O2/c1-6-12-27(13-7-2)23(29)18-9-8-17(5)20(14-18)26-22(28)19-10-11-21(24-15-19)25-16(3)4/h8-11,14-16H,6-7,12-13H2,1-5H3,(H,24,25)(H,26,28). The summed E-state index contributed by atoms with van der Waals surface area (Å²) in [4.78, 5) is 31.7. The number of carbonyl (C=O) groups excluding carboxylic acids is 2. The molecule has 0 unspecified atom stereocenters. The quantitative estimate of drug-likeness (QED) is 0.643. The molecular weight excluding hydrogens is 364 g/mol. The van der Waals surface area contributed by atoms with Crippen LogP contribution in [0.15, 0.2) is 36.5 Å². The maximum atomic E-state index is 12.9. The number of hydrogen-bond acceptors (Lipinski definition) is 4. The highest BCUT2D eigenvalue weighted by Gasteiger charge is 2.16. The van der Waals surface area contributed by atoms with Crippen molar-refractivity contribution >= 4 is 23.3 Å². The van der Waals surface area contributed by atoms with Crippen LogP contribution >= 0.6 is 0 Å². The third kappa shape index (κ3) is 6.31. The Labute approximate surface area is 173 Å². The minimum Gasteiger partial charge on any atom is -0.368 e. The van der Waals surface area contributed by atoms with Crippen molar-refractivity contribution in [2.75, 3.05) is 23.7 Å². The van der Waals surface area contributed by atoms with Crippen molar-refractivity contribution in [2.24, 2.45) is 0 Å². The monoisotopic (exact) mass is 396 g/mol. The molecule has 1 aromatic carbocycles. The average molecular weight is 397 g/mol. The van der Waals surface area contributed by atoms with Crippen molar-refractivity contribution in [3.8, 4) is 0 Å². The highest BCUT2D eigenvalue weighted by Crippen LogP contribution is 2.20. The summed E-state index contributed by atoms with van der Waals surface area (Å²) in [5.41, 5.74) is 2.59. The Morgan fingerprint density at radius 3 is 2.24 bits per heavy atom. The number of benzene rings is 1. The van der Waals surface area contributed by atoms with Gasteiger partial charge in [-0.05, 0) is 63.4 Å². The number of hydrogen-bond donors (Lipinski definition) is 2. The van der Waals surface area contributed by atoms with Crippen LogP contribution in [-0.4, -0.2) is 40.8 Å². The number of aromatic nitrogens is 1. The van der Waals surface area contributed by atoms with Crippen molar-refractivity contribution in [2.45, 2.75) is 53.5 Å². The van der Waals surface area contributed by atoms with Gasteiger partial charge in [0.2, 0.25) is 0 Å². The lowest BCUT2D eigenvalue weighted by molar-refractivity contribution is 0.0755. The largest absolute Gasteiger partial charge is 0.368 e. The number of nitrogens with one attached hydrogen (secondary N) is 2. The zero-order valence-corrected chi connectivity index (χ0v) is 18.1. The van der Waals surface area contributed by atoms with E-state index in [-0.39, 0.29) is 17.9 Å². The third-order valence-corrected chi connectivity index (χ3v) is 4.47. The van der Waals surface area contributed by atoms with Gasteiger partial charge in [-0.1, -0.05) is 19.9 Å². The van der Waals surface area contributed by atoms with Crippen LogP contribution in [0.5, 0.6) is 0 Å². The van der Waals surface area contributed by atoms with Gasteiger partial charge in [-0.3, -0.25) is 9.59 Å². The molecule has 0 aliphatic carbocycles. The summed E-state index contributed by atoms with van der Waals surface area (Å²) in [5.74, 6) is 0.475. The lowest BCUT2D eigenvalue weighted by atomic mass is 10.1. The number of amides is 2. The molecule has 0 radical (unpaired) electrons. The van der Waals surface area contributed by atoms with E-state index in [1.165, 1.54) is 0 Å². The van der Waals surface area contributed by atoms with Crippen LogP contribution in [0.1, 0.15) is 66.8 Å². The van der Waals surface area contributed by atoms with E-state index in [2.05, 4.69) is 29.5 Å². The van der Waals surface area contributed by atoms with Gasteiger partial charge in [-0.25, -0.2) is 4.98 Å². The number of anilines is 2. The van der Waals surface area contributed by atoms with Gasteiger partial charge in [0, 0.05) is 36.6 Å². The van der Waals surface area contributed by atoms with E-state index in [1.807, 2.05) is 37.8 Å². The first-order valence-corrected chi connectivity index (χ1v) is 10.3. The molecule has 6 nitrogen and oxygen atoms in total. The molecule has 2 amide bonds. The maximum Gasteiger partial charge on any atom is 0.257 e. The Bertz CT molecular complexity index is 825. The van der Waals surface area contributed by atoms with Gasteiger partial charge < -0.3 is 15.5 Å². The highest BCUT2D eigenvalue weighted by atomic mass is 16.2. The first-order valence-electron chi connectivity index (χ1n) is 10.3. The summed E-state index contributed by atoms with van der Waals surface area (Å²) >= 11 is 0. The van der Waals surface area contributed by atoms with Crippen LogP contribution in [0.2, 0.25) is 0 Å². The van der Waals surface area contributed by atoms with Gasteiger partial charge in [0.1, 0.15) is 5.82 Å². The van der Waals surface area contributed by atoms with Crippen LogP contribution in [-0.2, 0) is 0 Å². The molecule has 1 heterocycles. The van der Waals surface area contributed by atoms with E-state index in [1.54, 1.807) is 24.4 Å². The molecule has 0 aliphatic rings. The Kier molecular flexibility index (Phi) is 8.19. The zero-order valence-electron chi connectivity index (χ0n) is 18.1. The lowest BCUT2D eigenvalue weighted by Crippen LogP contribution is -2.32. The molecule has 2 N–H and O–H groups in total. The van der Waals surface area contributed by atoms with Crippen molar-refractivity contribution in [3.05, 3.63) is 53.2 Å². The summed E-state index contributed by atoms with van der Waals surface area (Å²) < 4.78 is 0. The molecule has 0 atom stereocenters. The zero-order chi connectivity index (χ0) is 21.4. The summed E-state index contributed by atoms with van der Waals surface area (Å²) in [6, 6.07) is 9.24. The normalized spacial score (nSPS) is 10.7. The van der Waals surface area contributed by atoms with Gasteiger partial charge in [-0.15, -0.1) is 0 Å². The molecule has 0 saturated heterocycles. The van der Waals surface area contributed by atoms with Crippen LogP contribution in [0, 0.1) is 6.92 Å². The molecule has 29 heavy (non-hydrogen) atoms. The fourth-order valence-corrected chi connectivity index (χ4v) is 3.03. The molecule has 0 fully saturated rings. The number of rotatable bonds is 9. The van der Waals surface area contributed by atoms with Gasteiger partial charge in [0.15, 0.2) is 0 Å². The van der Waals surface area contributed by atoms with E-state index in [0.29, 0.717) is 16.8 Å². The molecule has 2 aromatic rings. The average Bonchev–Trinajstić information content (AvgIpc) is 2.69. The van der Waals surface area contributed by atoms with Crippen molar-refractivity contribution in [1.82, 2.24) is 9.88 Å². The summed E-state index contributed by atoms with van der Waals surface area (Å²) in [6.07, 6.45) is 3.38. The first kappa shape index (κ1) is 22.4. The Hall–Kier alpha value is -2.89. The van der Waals surface area contributed by atoms with Crippen molar-refractivity contribution < 1.29 is 9.59 Å². The molecule has 0 saturated carbocycles. The molecule has 0 spiro atoms. The van der Waals surface area contributed by atoms with E-state index in [9.17, 15) is 9.59 Å².